The molecule has 1 aromatic heterocycles. The zero-order valence-corrected chi connectivity index (χ0v) is 22.7. The first-order valence-electron chi connectivity index (χ1n) is 12.1. The van der Waals surface area contributed by atoms with E-state index >= 15 is 0 Å². The van der Waals surface area contributed by atoms with E-state index in [1.54, 1.807) is 18.2 Å². The van der Waals surface area contributed by atoms with Crippen LogP contribution < -0.4 is 26.8 Å². The van der Waals surface area contributed by atoms with Crippen LogP contribution in [0.3, 0.4) is 0 Å². The molecule has 0 saturated heterocycles. The van der Waals surface area contributed by atoms with Gasteiger partial charge in [-0.1, -0.05) is 23.4 Å². The van der Waals surface area contributed by atoms with Gasteiger partial charge in [-0.05, 0) is 30.9 Å². The summed E-state index contributed by atoms with van der Waals surface area (Å²) in [6.07, 6.45) is 1.38. The molecule has 10 N–H and O–H groups in total. The summed E-state index contributed by atoms with van der Waals surface area (Å²) >= 11 is 0. The van der Waals surface area contributed by atoms with E-state index in [-0.39, 0.29) is 36.9 Å². The van der Waals surface area contributed by atoms with Crippen molar-refractivity contribution in [3.63, 3.8) is 0 Å². The number of aldehydes is 1. The lowest BCUT2D eigenvalue weighted by Crippen LogP contribution is -2.51. The number of sulfonamides is 1. The smallest absolute Gasteiger partial charge is 0.240 e. The average molecular weight is 579 g/mol. The number of carbonyl (C=O) groups excluding carboxylic acids is 3. The first-order valence-corrected chi connectivity index (χ1v) is 13.8. The Morgan fingerprint density at radius 2 is 1.98 bits per heavy atom. The van der Waals surface area contributed by atoms with Crippen molar-refractivity contribution in [2.24, 2.45) is 11.5 Å². The summed E-state index contributed by atoms with van der Waals surface area (Å²) in [6.45, 7) is -0.0921. The third-order valence-corrected chi connectivity index (χ3v) is 6.89. The lowest BCUT2D eigenvalue weighted by Gasteiger charge is -2.24. The molecular weight excluding hydrogens is 544 g/mol. The van der Waals surface area contributed by atoms with Gasteiger partial charge in [-0.15, -0.1) is 10.2 Å². The van der Waals surface area contributed by atoms with E-state index in [0.29, 0.717) is 30.4 Å². The minimum atomic E-state index is -4.07. The number of aromatic nitrogens is 4. The lowest BCUT2D eigenvalue weighted by molar-refractivity contribution is -0.136. The normalized spacial score (nSPS) is 12.6. The summed E-state index contributed by atoms with van der Waals surface area (Å²) in [7, 11) is -2.73. The maximum Gasteiger partial charge on any atom is 0.240 e. The predicted molar refractivity (Wildman–Crippen MR) is 144 cm³/mol. The van der Waals surface area contributed by atoms with Gasteiger partial charge in [-0.25, -0.2) is 13.1 Å². The second-order valence-electron chi connectivity index (χ2n) is 8.90. The molecule has 0 spiro atoms. The van der Waals surface area contributed by atoms with Crippen LogP contribution >= 0.6 is 0 Å². The average Bonchev–Trinajstić information content (AvgIpc) is 3.41. The fourth-order valence-corrected chi connectivity index (χ4v) is 4.99. The molecule has 17 nitrogen and oxygen atoms in total. The van der Waals surface area contributed by atoms with Crippen LogP contribution in [0.4, 0.5) is 0 Å². The summed E-state index contributed by atoms with van der Waals surface area (Å²) in [5.41, 5.74) is 11.4. The van der Waals surface area contributed by atoms with Crippen LogP contribution in [0.5, 0.6) is 0 Å². The molecule has 2 rings (SSSR count). The maximum absolute atomic E-state index is 13.2. The number of nitrogens with two attached hydrogens (primary N) is 2. The van der Waals surface area contributed by atoms with Gasteiger partial charge in [0.2, 0.25) is 21.8 Å². The lowest BCUT2D eigenvalue weighted by atomic mass is 10.1. The molecule has 2 atom stereocenters. The number of benzene rings is 1. The van der Waals surface area contributed by atoms with Gasteiger partial charge < -0.3 is 31.8 Å². The number of aromatic amines is 1. The molecule has 1 aromatic carbocycles. The molecule has 18 heteroatoms. The van der Waals surface area contributed by atoms with E-state index in [4.69, 9.17) is 22.3 Å². The number of rotatable bonds is 17. The number of nitrogens with one attached hydrogen (secondary N) is 6. The number of carbonyl (C=O) groups is 3. The van der Waals surface area contributed by atoms with Crippen LogP contribution in [0.2, 0.25) is 0 Å². The van der Waals surface area contributed by atoms with Crippen molar-refractivity contribution in [1.82, 2.24) is 40.9 Å². The number of tetrazole rings is 1. The second kappa shape index (κ2) is 15.2. The molecule has 40 heavy (non-hydrogen) atoms. The Balaban J connectivity index is 2.06. The van der Waals surface area contributed by atoms with Crippen LogP contribution in [0, 0.1) is 10.8 Å². The van der Waals surface area contributed by atoms with Gasteiger partial charge >= 0.3 is 0 Å². The van der Waals surface area contributed by atoms with Crippen molar-refractivity contribution in [2.75, 3.05) is 20.1 Å². The number of amidine groups is 1. The molecular formula is C22H34N12O5S. The highest BCUT2D eigenvalue weighted by Gasteiger charge is 2.29. The Kier molecular flexibility index (Phi) is 12.1. The number of guanidine groups is 1. The molecule has 218 valence electrons. The molecule has 0 unspecified atom stereocenters. The van der Waals surface area contributed by atoms with Gasteiger partial charge in [0.15, 0.2) is 11.8 Å². The van der Waals surface area contributed by atoms with Crippen molar-refractivity contribution in [2.45, 2.75) is 43.5 Å². The second-order valence-corrected chi connectivity index (χ2v) is 10.7. The number of nitrogen functional groups attached to an aromatic ring is 1. The number of likely N-dealkylation sites (N-methyl/N-ethyl adjacent to an activating group) is 1. The number of amides is 2. The molecule has 0 bridgehead atoms. The van der Waals surface area contributed by atoms with E-state index < -0.39 is 46.2 Å². The molecule has 0 radical (unpaired) electrons. The van der Waals surface area contributed by atoms with Crippen molar-refractivity contribution in [3.05, 3.63) is 41.2 Å². The van der Waals surface area contributed by atoms with E-state index in [1.165, 1.54) is 13.1 Å². The predicted octanol–water partition coefficient (Wildman–Crippen LogP) is -2.69. The van der Waals surface area contributed by atoms with Crippen molar-refractivity contribution >= 4 is 39.9 Å². The van der Waals surface area contributed by atoms with Crippen molar-refractivity contribution in [1.29, 1.82) is 10.8 Å². The Morgan fingerprint density at radius 3 is 2.60 bits per heavy atom. The van der Waals surface area contributed by atoms with Crippen LogP contribution in [-0.4, -0.2) is 96.1 Å². The molecule has 1 heterocycles. The third kappa shape index (κ3) is 11.1. The fraction of sp³-hybridized carbons (Fsp3) is 0.455. The molecule has 0 saturated carbocycles. The van der Waals surface area contributed by atoms with Gasteiger partial charge in [0.1, 0.15) is 18.2 Å². The quantitative estimate of drug-likeness (QED) is 0.0414. The molecule has 0 aliphatic carbocycles. The summed E-state index contributed by atoms with van der Waals surface area (Å²) in [5.74, 6) is -1.95. The van der Waals surface area contributed by atoms with Crippen molar-refractivity contribution < 1.29 is 22.8 Å². The number of H-pyrrole nitrogens is 1. The number of aryl methyl sites for hydroxylation is 1. The minimum absolute atomic E-state index is 0.0306. The van der Waals surface area contributed by atoms with E-state index in [1.807, 2.05) is 0 Å². The Bertz CT molecular complexity index is 1280. The highest BCUT2D eigenvalue weighted by atomic mass is 32.2. The van der Waals surface area contributed by atoms with Gasteiger partial charge in [0, 0.05) is 25.6 Å². The standard InChI is InChI=1S/C22H34N12O5S/c1-34(11-19(36)28-16(12-35)6-3-9-27-22(25)26)21(37)17(7-8-18-29-32-33-30-18)31-40(38,39)13-14-4-2-5-15(10-14)20(23)24/h2,4-5,10,12,16-17,31H,3,6-9,11,13H2,1H3,(H3,23,24)(H,28,36)(H4,25,26,27)(H,29,30,32,33)/t16-,17-/m0/s1. The van der Waals surface area contributed by atoms with Gasteiger partial charge in [0.25, 0.3) is 0 Å². The zero-order chi connectivity index (χ0) is 29.7. The summed E-state index contributed by atoms with van der Waals surface area (Å²) in [5, 5.41) is 33.1. The van der Waals surface area contributed by atoms with Gasteiger partial charge in [0.05, 0.1) is 18.3 Å². The van der Waals surface area contributed by atoms with E-state index in [2.05, 4.69) is 36.0 Å². The minimum Gasteiger partial charge on any atom is -0.384 e. The molecule has 0 fully saturated rings. The molecule has 0 aliphatic heterocycles. The van der Waals surface area contributed by atoms with E-state index in [0.717, 1.165) is 4.90 Å². The summed E-state index contributed by atoms with van der Waals surface area (Å²) in [6, 6.07) is 4.08. The monoisotopic (exact) mass is 578 g/mol. The van der Waals surface area contributed by atoms with Crippen LogP contribution in [-0.2, 0) is 36.6 Å². The van der Waals surface area contributed by atoms with E-state index in [9.17, 15) is 22.8 Å². The Labute approximate surface area is 230 Å². The fourth-order valence-electron chi connectivity index (χ4n) is 3.63. The molecule has 2 aromatic rings. The molecule has 0 aliphatic rings. The highest BCUT2D eigenvalue weighted by Crippen LogP contribution is 2.11. The highest BCUT2D eigenvalue weighted by molar-refractivity contribution is 7.88. The van der Waals surface area contributed by atoms with Crippen LogP contribution in [0.15, 0.2) is 24.3 Å². The number of nitrogens with zero attached hydrogens (tertiary/aromatic N) is 4. The summed E-state index contributed by atoms with van der Waals surface area (Å²) in [4.78, 5) is 38.2. The maximum atomic E-state index is 13.2. The van der Waals surface area contributed by atoms with Gasteiger partial charge in [-0.3, -0.25) is 20.4 Å². The largest absolute Gasteiger partial charge is 0.384 e. The van der Waals surface area contributed by atoms with Crippen molar-refractivity contribution in [3.8, 4) is 0 Å². The zero-order valence-electron chi connectivity index (χ0n) is 21.9. The SMILES string of the molecule is CN(CC(=O)N[C@H](C=O)CCCNC(=N)N)C(=O)[C@H](CCc1nn[nH]n1)NS(=O)(=O)Cc1cccc(C(=N)N)c1. The van der Waals surface area contributed by atoms with Crippen LogP contribution in [0.1, 0.15) is 36.2 Å². The first kappa shape index (κ1) is 31.8. The third-order valence-electron chi connectivity index (χ3n) is 5.54. The number of hydrogen-bond acceptors (Lipinski definition) is 10. The molecule has 2 amide bonds. The van der Waals surface area contributed by atoms with Gasteiger partial charge in [-0.2, -0.15) is 5.21 Å². The number of hydrogen-bond donors (Lipinski definition) is 8. The van der Waals surface area contributed by atoms with Crippen LogP contribution in [0.25, 0.3) is 0 Å². The first-order chi connectivity index (χ1) is 18.9. The summed E-state index contributed by atoms with van der Waals surface area (Å²) < 4.78 is 28.4. The topological polar surface area (TPSA) is 279 Å². The Hall–Kier alpha value is -4.45. The Morgan fingerprint density at radius 1 is 1.23 bits per heavy atom.